The fourth-order valence-corrected chi connectivity index (χ4v) is 3.62. The molecule has 7 heteroatoms. The molecule has 0 aliphatic carbocycles. The Bertz CT molecular complexity index is 678. The molecule has 0 aliphatic heterocycles. The Labute approximate surface area is 129 Å². The van der Waals surface area contributed by atoms with Crippen LogP contribution in [0.5, 0.6) is 0 Å². The lowest BCUT2D eigenvalue weighted by molar-refractivity contribution is 0.577. The third-order valence-electron chi connectivity index (χ3n) is 2.88. The van der Waals surface area contributed by atoms with Crippen molar-refractivity contribution in [2.75, 3.05) is 6.54 Å². The van der Waals surface area contributed by atoms with Crippen LogP contribution in [0.1, 0.15) is 22.2 Å². The third kappa shape index (κ3) is 4.60. The molecule has 2 aromatic rings. The fourth-order valence-electron chi connectivity index (χ4n) is 1.76. The minimum absolute atomic E-state index is 0.0519. The van der Waals surface area contributed by atoms with Gasteiger partial charge in [-0.15, -0.1) is 11.3 Å². The lowest BCUT2D eigenvalue weighted by Crippen LogP contribution is -2.24. The number of aromatic nitrogens is 1. The van der Waals surface area contributed by atoms with Crippen LogP contribution in [0.25, 0.3) is 0 Å². The maximum Gasteiger partial charge on any atom is 0.258 e. The van der Waals surface area contributed by atoms with Gasteiger partial charge < -0.3 is 5.32 Å². The molecule has 0 saturated heterocycles. The lowest BCUT2D eigenvalue weighted by atomic mass is 10.3. The number of nitrogens with zero attached hydrogens (tertiary/aromatic N) is 1. The van der Waals surface area contributed by atoms with Crippen LogP contribution in [0, 0.1) is 6.92 Å². The summed E-state index contributed by atoms with van der Waals surface area (Å²) >= 11 is 1.58. The summed E-state index contributed by atoms with van der Waals surface area (Å²) in [6.45, 7) is 5.85. The van der Waals surface area contributed by atoms with Crippen LogP contribution in [0.2, 0.25) is 0 Å². The normalized spacial score (nSPS) is 11.7. The highest BCUT2D eigenvalue weighted by Crippen LogP contribution is 2.15. The van der Waals surface area contributed by atoms with E-state index in [1.165, 1.54) is 6.07 Å². The first-order valence-corrected chi connectivity index (χ1v) is 9.02. The summed E-state index contributed by atoms with van der Waals surface area (Å²) in [5.41, 5.74) is 0.963. The van der Waals surface area contributed by atoms with E-state index in [2.05, 4.69) is 15.0 Å². The molecule has 0 saturated carbocycles. The number of aryl methyl sites for hydroxylation is 1. The highest BCUT2D eigenvalue weighted by Gasteiger charge is 2.15. The van der Waals surface area contributed by atoms with Crippen molar-refractivity contribution in [1.82, 2.24) is 15.0 Å². The molecule has 0 unspecified atom stereocenters. The average Bonchev–Trinajstić information content (AvgIpc) is 2.89. The second-order valence-electron chi connectivity index (χ2n) is 4.62. The van der Waals surface area contributed by atoms with Crippen molar-refractivity contribution < 1.29 is 8.42 Å². The number of hydrogen-bond acceptors (Lipinski definition) is 5. The van der Waals surface area contributed by atoms with Crippen molar-refractivity contribution in [2.45, 2.75) is 32.0 Å². The molecule has 2 aromatic heterocycles. The van der Waals surface area contributed by atoms with Crippen molar-refractivity contribution in [3.05, 3.63) is 45.8 Å². The molecule has 0 atom stereocenters. The van der Waals surface area contributed by atoms with Gasteiger partial charge in [-0.3, -0.25) is 0 Å². The van der Waals surface area contributed by atoms with Crippen LogP contribution in [0.15, 0.2) is 35.5 Å². The van der Waals surface area contributed by atoms with E-state index in [0.717, 1.165) is 21.9 Å². The number of thiophene rings is 1. The molecule has 0 radical (unpaired) electrons. The SMILES string of the molecule is CCNCc1ccc(S(=O)(=O)NCc2ccc(C)s2)nc1. The van der Waals surface area contributed by atoms with Gasteiger partial charge in [-0.1, -0.05) is 13.0 Å². The van der Waals surface area contributed by atoms with Crippen LogP contribution in [0.4, 0.5) is 0 Å². The average molecular weight is 325 g/mol. The van der Waals surface area contributed by atoms with Crippen LogP contribution in [0.3, 0.4) is 0 Å². The Morgan fingerprint density at radius 3 is 2.57 bits per heavy atom. The second-order valence-corrected chi connectivity index (χ2v) is 7.71. The molecule has 0 aromatic carbocycles. The Kier molecular flexibility index (Phi) is 5.46. The van der Waals surface area contributed by atoms with Crippen LogP contribution in [-0.2, 0) is 23.1 Å². The summed E-state index contributed by atoms with van der Waals surface area (Å²) in [7, 11) is -3.56. The predicted molar refractivity (Wildman–Crippen MR) is 84.7 cm³/mol. The molecule has 2 N–H and O–H groups in total. The topological polar surface area (TPSA) is 71.1 Å². The number of hydrogen-bond donors (Lipinski definition) is 2. The molecule has 0 fully saturated rings. The van der Waals surface area contributed by atoms with Gasteiger partial charge in [0.2, 0.25) is 0 Å². The summed E-state index contributed by atoms with van der Waals surface area (Å²) in [5, 5.41) is 3.22. The largest absolute Gasteiger partial charge is 0.313 e. The summed E-state index contributed by atoms with van der Waals surface area (Å²) in [6.07, 6.45) is 1.59. The maximum absolute atomic E-state index is 12.2. The molecule has 5 nitrogen and oxygen atoms in total. The molecule has 0 spiro atoms. The zero-order chi connectivity index (χ0) is 15.3. The van der Waals surface area contributed by atoms with Gasteiger partial charge in [0, 0.05) is 29.0 Å². The molecule has 2 rings (SSSR count). The van der Waals surface area contributed by atoms with E-state index in [4.69, 9.17) is 0 Å². The maximum atomic E-state index is 12.2. The van der Waals surface area contributed by atoms with E-state index in [1.54, 1.807) is 23.6 Å². The van der Waals surface area contributed by atoms with Gasteiger partial charge >= 0.3 is 0 Å². The van der Waals surface area contributed by atoms with Crippen molar-refractivity contribution >= 4 is 21.4 Å². The van der Waals surface area contributed by atoms with Gasteiger partial charge in [0.25, 0.3) is 10.0 Å². The van der Waals surface area contributed by atoms with Gasteiger partial charge in [0.15, 0.2) is 5.03 Å². The van der Waals surface area contributed by atoms with Crippen molar-refractivity contribution in [3.8, 4) is 0 Å². The molecule has 0 aliphatic rings. The molecule has 2 heterocycles. The number of pyridine rings is 1. The number of nitrogens with one attached hydrogen (secondary N) is 2. The van der Waals surface area contributed by atoms with Gasteiger partial charge in [-0.2, -0.15) is 0 Å². The van der Waals surface area contributed by atoms with Gasteiger partial charge in [0.1, 0.15) is 0 Å². The number of sulfonamides is 1. The quantitative estimate of drug-likeness (QED) is 0.817. The van der Waals surface area contributed by atoms with Crippen molar-refractivity contribution in [2.24, 2.45) is 0 Å². The van der Waals surface area contributed by atoms with Gasteiger partial charge in [0.05, 0.1) is 0 Å². The fraction of sp³-hybridized carbons (Fsp3) is 0.357. The van der Waals surface area contributed by atoms with E-state index < -0.39 is 10.0 Å². The van der Waals surface area contributed by atoms with E-state index in [9.17, 15) is 8.42 Å². The zero-order valence-corrected chi connectivity index (χ0v) is 13.7. The van der Waals surface area contributed by atoms with E-state index >= 15 is 0 Å². The monoisotopic (exact) mass is 325 g/mol. The van der Waals surface area contributed by atoms with E-state index in [1.807, 2.05) is 26.0 Å². The highest BCUT2D eigenvalue weighted by atomic mass is 32.2. The first-order valence-electron chi connectivity index (χ1n) is 6.72. The van der Waals surface area contributed by atoms with Crippen LogP contribution < -0.4 is 10.0 Å². The molecular formula is C14H19N3O2S2. The number of rotatable bonds is 7. The molecule has 114 valence electrons. The highest BCUT2D eigenvalue weighted by molar-refractivity contribution is 7.89. The summed E-state index contributed by atoms with van der Waals surface area (Å²) in [4.78, 5) is 6.18. The Morgan fingerprint density at radius 2 is 2.00 bits per heavy atom. The Balaban J connectivity index is 2.01. The van der Waals surface area contributed by atoms with Gasteiger partial charge in [-0.05, 0) is 37.2 Å². The Hall–Kier alpha value is -1.28. The smallest absolute Gasteiger partial charge is 0.258 e. The molecule has 0 amide bonds. The summed E-state index contributed by atoms with van der Waals surface area (Å²) < 4.78 is 26.9. The van der Waals surface area contributed by atoms with Crippen LogP contribution >= 0.6 is 11.3 Å². The van der Waals surface area contributed by atoms with Crippen molar-refractivity contribution in [3.63, 3.8) is 0 Å². The summed E-state index contributed by atoms with van der Waals surface area (Å²) in [5.74, 6) is 0. The minimum atomic E-state index is -3.56. The van der Waals surface area contributed by atoms with E-state index in [0.29, 0.717) is 13.1 Å². The third-order valence-corrected chi connectivity index (χ3v) is 5.20. The Morgan fingerprint density at radius 1 is 1.19 bits per heavy atom. The zero-order valence-electron chi connectivity index (χ0n) is 12.1. The molecule has 21 heavy (non-hydrogen) atoms. The van der Waals surface area contributed by atoms with Gasteiger partial charge in [-0.25, -0.2) is 18.1 Å². The lowest BCUT2D eigenvalue weighted by Gasteiger charge is -2.06. The standard InChI is InChI=1S/C14H19N3O2S2/c1-3-15-8-12-5-7-14(16-9-12)21(18,19)17-10-13-6-4-11(2)20-13/h4-7,9,15,17H,3,8,10H2,1-2H3. The summed E-state index contributed by atoms with van der Waals surface area (Å²) in [6, 6.07) is 7.21. The molecule has 0 bridgehead atoms. The van der Waals surface area contributed by atoms with Crippen LogP contribution in [-0.4, -0.2) is 19.9 Å². The van der Waals surface area contributed by atoms with E-state index in [-0.39, 0.29) is 5.03 Å². The molecular weight excluding hydrogens is 306 g/mol. The first kappa shape index (κ1) is 16.1. The second kappa shape index (κ2) is 7.13. The first-order chi connectivity index (χ1) is 10.0. The predicted octanol–water partition coefficient (Wildman–Crippen LogP) is 2.04. The van der Waals surface area contributed by atoms with Crippen molar-refractivity contribution in [1.29, 1.82) is 0 Å². The minimum Gasteiger partial charge on any atom is -0.313 e.